The summed E-state index contributed by atoms with van der Waals surface area (Å²) < 4.78 is 32.1. The summed E-state index contributed by atoms with van der Waals surface area (Å²) in [4.78, 5) is 0. The molecule has 2 saturated carbocycles. The van der Waals surface area contributed by atoms with E-state index < -0.39 is 11.6 Å². The van der Waals surface area contributed by atoms with Crippen molar-refractivity contribution in [1.29, 1.82) is 0 Å². The Morgan fingerprint density at radius 3 is 1.83 bits per heavy atom. The summed E-state index contributed by atoms with van der Waals surface area (Å²) >= 11 is 0. The molecule has 0 amide bonds. The normalized spacial score (nSPS) is 31.4. The molecule has 4 heteroatoms. The minimum absolute atomic E-state index is 0. The van der Waals surface area contributed by atoms with Crippen LogP contribution in [0, 0.1) is 29.5 Å². The fraction of sp³-hybridized carbons (Fsp3) is 0.684. The van der Waals surface area contributed by atoms with Gasteiger partial charge in [0.05, 0.1) is 6.10 Å². The molecular weight excluding hydrogens is 371 g/mol. The predicted molar refractivity (Wildman–Crippen MR) is 82.6 cm³/mol. The van der Waals surface area contributed by atoms with Crippen LogP contribution in [0.3, 0.4) is 0 Å². The van der Waals surface area contributed by atoms with E-state index in [1.54, 1.807) is 0 Å². The fourth-order valence-corrected chi connectivity index (χ4v) is 4.48. The Morgan fingerprint density at radius 2 is 1.35 bits per heavy atom. The summed E-state index contributed by atoms with van der Waals surface area (Å²) in [5, 5.41) is 0. The van der Waals surface area contributed by atoms with Gasteiger partial charge in [-0.05, 0) is 69.1 Å². The monoisotopic (exact) mass is 396 g/mol. The molecule has 0 heterocycles. The van der Waals surface area contributed by atoms with Gasteiger partial charge in [-0.1, -0.05) is 0 Å². The molecule has 2 fully saturated rings. The SMILES string of the molecule is COC1CCC(C2CCC(c3cc(F)[c-]c(F)c3)CC2)CC1.[Y]. The zero-order valence-electron chi connectivity index (χ0n) is 13.9. The van der Waals surface area contributed by atoms with Crippen LogP contribution in [0.2, 0.25) is 0 Å². The van der Waals surface area contributed by atoms with Crippen molar-refractivity contribution in [1.82, 2.24) is 0 Å². The van der Waals surface area contributed by atoms with Gasteiger partial charge in [-0.3, -0.25) is 0 Å². The van der Waals surface area contributed by atoms with E-state index in [0.717, 1.165) is 30.2 Å². The molecule has 1 nitrogen and oxygen atoms in total. The first-order valence-electron chi connectivity index (χ1n) is 8.56. The second-order valence-electron chi connectivity index (χ2n) is 6.99. The Bertz CT molecular complexity index is 472. The van der Waals surface area contributed by atoms with Gasteiger partial charge < -0.3 is 4.74 Å². The Labute approximate surface area is 163 Å². The smallest absolute Gasteiger partial charge is 0.0571 e. The Kier molecular flexibility index (Phi) is 7.63. The van der Waals surface area contributed by atoms with Crippen LogP contribution in [0.25, 0.3) is 0 Å². The molecular formula is C19H25F2OY-. The largest absolute Gasteiger partial charge is 0.381 e. The van der Waals surface area contributed by atoms with E-state index >= 15 is 0 Å². The molecule has 0 atom stereocenters. The molecule has 0 aliphatic heterocycles. The number of methoxy groups -OCH3 is 1. The maximum absolute atomic E-state index is 13.3. The van der Waals surface area contributed by atoms with Gasteiger partial charge in [-0.2, -0.15) is 0 Å². The third kappa shape index (κ3) is 5.06. The van der Waals surface area contributed by atoms with Crippen LogP contribution in [0.4, 0.5) is 8.78 Å². The van der Waals surface area contributed by atoms with Gasteiger partial charge in [0.1, 0.15) is 0 Å². The van der Waals surface area contributed by atoms with Crippen LogP contribution in [-0.4, -0.2) is 13.2 Å². The Morgan fingerprint density at radius 1 is 0.870 bits per heavy atom. The molecule has 0 N–H and O–H groups in total. The summed E-state index contributed by atoms with van der Waals surface area (Å²) in [6.07, 6.45) is 9.87. The van der Waals surface area contributed by atoms with Crippen molar-refractivity contribution in [3.63, 3.8) is 0 Å². The van der Waals surface area contributed by atoms with Gasteiger partial charge >= 0.3 is 0 Å². The molecule has 0 spiro atoms. The molecule has 0 bridgehead atoms. The maximum atomic E-state index is 13.3. The van der Waals surface area contributed by atoms with E-state index in [4.69, 9.17) is 4.74 Å². The van der Waals surface area contributed by atoms with E-state index in [2.05, 4.69) is 6.07 Å². The average molecular weight is 396 g/mol. The minimum atomic E-state index is -0.574. The summed E-state index contributed by atoms with van der Waals surface area (Å²) in [6, 6.07) is 4.99. The van der Waals surface area contributed by atoms with E-state index in [0.29, 0.717) is 12.0 Å². The number of benzene rings is 1. The molecule has 3 rings (SSSR count). The molecule has 1 radical (unpaired) electrons. The second-order valence-corrected chi connectivity index (χ2v) is 6.99. The molecule has 2 aliphatic rings. The predicted octanol–water partition coefficient (Wildman–Crippen LogP) is 5.24. The van der Waals surface area contributed by atoms with Gasteiger partial charge in [0.15, 0.2) is 0 Å². The molecule has 2 aliphatic carbocycles. The van der Waals surface area contributed by atoms with Crippen LogP contribution in [-0.2, 0) is 37.4 Å². The van der Waals surface area contributed by atoms with Crippen LogP contribution in [0.15, 0.2) is 12.1 Å². The van der Waals surface area contributed by atoms with E-state index in [9.17, 15) is 8.78 Å². The third-order valence-electron chi connectivity index (χ3n) is 5.79. The van der Waals surface area contributed by atoms with Crippen molar-refractivity contribution in [2.45, 2.75) is 63.4 Å². The zero-order chi connectivity index (χ0) is 15.5. The van der Waals surface area contributed by atoms with Crippen molar-refractivity contribution >= 4 is 0 Å². The van der Waals surface area contributed by atoms with Crippen molar-refractivity contribution in [3.05, 3.63) is 35.4 Å². The Balaban J connectivity index is 0.00000192. The second kappa shape index (κ2) is 9.01. The van der Waals surface area contributed by atoms with Crippen molar-refractivity contribution < 1.29 is 46.2 Å². The quantitative estimate of drug-likeness (QED) is 0.635. The molecule has 0 aromatic heterocycles. The van der Waals surface area contributed by atoms with Gasteiger partial charge in [0.25, 0.3) is 0 Å². The van der Waals surface area contributed by atoms with Gasteiger partial charge in [0, 0.05) is 51.5 Å². The molecule has 0 unspecified atom stereocenters. The summed E-state index contributed by atoms with van der Waals surface area (Å²) in [7, 11) is 1.81. The number of hydrogen-bond acceptors (Lipinski definition) is 1. The van der Waals surface area contributed by atoms with E-state index in [-0.39, 0.29) is 32.7 Å². The van der Waals surface area contributed by atoms with E-state index in [1.165, 1.54) is 50.7 Å². The van der Waals surface area contributed by atoms with Crippen molar-refractivity contribution in [2.24, 2.45) is 11.8 Å². The molecule has 0 saturated heterocycles. The maximum Gasteiger partial charge on any atom is 0.0571 e. The fourth-order valence-electron chi connectivity index (χ4n) is 4.48. The molecule has 1 aromatic rings. The minimum Gasteiger partial charge on any atom is -0.381 e. The van der Waals surface area contributed by atoms with Crippen LogP contribution in [0.1, 0.15) is 62.8 Å². The van der Waals surface area contributed by atoms with Crippen LogP contribution in [0.5, 0.6) is 0 Å². The van der Waals surface area contributed by atoms with Gasteiger partial charge in [-0.15, -0.1) is 23.8 Å². The standard InChI is InChI=1S/C19H25F2O.Y/c1-22-19-8-6-14(7-9-19)13-2-4-15(5-3-13)16-10-17(20)12-18(21)11-16;/h10-11,13-15,19H,2-9H2,1H3;/q-1;. The Hall–Kier alpha value is 0.144. The first kappa shape index (κ1) is 19.5. The third-order valence-corrected chi connectivity index (χ3v) is 5.79. The summed E-state index contributed by atoms with van der Waals surface area (Å²) in [6.45, 7) is 0. The van der Waals surface area contributed by atoms with Crippen molar-refractivity contribution in [3.8, 4) is 0 Å². The number of rotatable bonds is 3. The number of ether oxygens (including phenoxy) is 1. The first-order valence-corrected chi connectivity index (χ1v) is 8.56. The average Bonchev–Trinajstić information content (AvgIpc) is 2.54. The van der Waals surface area contributed by atoms with Gasteiger partial charge in [-0.25, -0.2) is 8.78 Å². The summed E-state index contributed by atoms with van der Waals surface area (Å²) in [5.41, 5.74) is 0.815. The first-order chi connectivity index (χ1) is 10.7. The summed E-state index contributed by atoms with van der Waals surface area (Å²) in [5.74, 6) is 0.777. The molecule has 1 aromatic carbocycles. The molecule has 23 heavy (non-hydrogen) atoms. The zero-order valence-corrected chi connectivity index (χ0v) is 16.7. The number of halogens is 2. The van der Waals surface area contributed by atoms with Gasteiger partial charge in [0.2, 0.25) is 0 Å². The molecule has 125 valence electrons. The van der Waals surface area contributed by atoms with Crippen LogP contribution < -0.4 is 0 Å². The topological polar surface area (TPSA) is 9.23 Å². The van der Waals surface area contributed by atoms with Crippen LogP contribution >= 0.6 is 0 Å². The van der Waals surface area contributed by atoms with Crippen molar-refractivity contribution in [2.75, 3.05) is 7.11 Å². The number of hydrogen-bond donors (Lipinski definition) is 0. The van der Waals surface area contributed by atoms with E-state index in [1.807, 2.05) is 7.11 Å².